The number of sulfonamides is 1. The van der Waals surface area contributed by atoms with Crippen molar-refractivity contribution in [3.8, 4) is 0 Å². The molecular formula is C33H39F2N3O4S. The number of benzene rings is 3. The van der Waals surface area contributed by atoms with Gasteiger partial charge in [-0.15, -0.1) is 0 Å². The van der Waals surface area contributed by atoms with E-state index in [1.54, 1.807) is 4.90 Å². The lowest BCUT2D eigenvalue weighted by Gasteiger charge is -2.34. The number of carbonyl (C=O) groups is 2. The molecule has 1 N–H and O–H groups in total. The summed E-state index contributed by atoms with van der Waals surface area (Å²) in [5.41, 5.74) is 1.75. The highest BCUT2D eigenvalue weighted by Gasteiger charge is 2.32. The van der Waals surface area contributed by atoms with Gasteiger partial charge in [-0.1, -0.05) is 79.9 Å². The van der Waals surface area contributed by atoms with Gasteiger partial charge in [-0.2, -0.15) is 0 Å². The Labute approximate surface area is 252 Å². The fourth-order valence-electron chi connectivity index (χ4n) is 5.52. The molecule has 3 aromatic carbocycles. The minimum atomic E-state index is -3.85. The van der Waals surface area contributed by atoms with Gasteiger partial charge in [0.2, 0.25) is 21.8 Å². The molecule has 10 heteroatoms. The molecular weight excluding hydrogens is 572 g/mol. The SMILES string of the molecule is CS(=O)(=O)N(CCCC(=O)N(Cc1ccccc1)[C@H](Cc1ccccc1)C(=O)NC1CCCCC1)c1ccc(F)c(F)c1. The minimum absolute atomic E-state index is 0.0243. The van der Waals surface area contributed by atoms with Crippen molar-refractivity contribution in [1.29, 1.82) is 0 Å². The lowest BCUT2D eigenvalue weighted by molar-refractivity contribution is -0.141. The average molecular weight is 612 g/mol. The van der Waals surface area contributed by atoms with Gasteiger partial charge in [0.15, 0.2) is 11.6 Å². The van der Waals surface area contributed by atoms with Crippen LogP contribution < -0.4 is 9.62 Å². The molecule has 0 aromatic heterocycles. The Kier molecular flexibility index (Phi) is 11.3. The number of hydrogen-bond acceptors (Lipinski definition) is 4. The van der Waals surface area contributed by atoms with E-state index in [1.807, 2.05) is 60.7 Å². The molecule has 0 aliphatic heterocycles. The molecule has 0 heterocycles. The van der Waals surface area contributed by atoms with Crippen molar-refractivity contribution < 1.29 is 26.8 Å². The molecule has 0 radical (unpaired) electrons. The minimum Gasteiger partial charge on any atom is -0.352 e. The highest BCUT2D eigenvalue weighted by atomic mass is 32.2. The van der Waals surface area contributed by atoms with Crippen LogP contribution >= 0.6 is 0 Å². The zero-order chi connectivity index (χ0) is 30.8. The van der Waals surface area contributed by atoms with Crippen LogP contribution in [0.4, 0.5) is 14.5 Å². The molecule has 1 aliphatic carbocycles. The monoisotopic (exact) mass is 611 g/mol. The Morgan fingerprint density at radius 2 is 1.51 bits per heavy atom. The van der Waals surface area contributed by atoms with Gasteiger partial charge < -0.3 is 10.2 Å². The molecule has 230 valence electrons. The van der Waals surface area contributed by atoms with E-state index in [9.17, 15) is 26.8 Å². The highest BCUT2D eigenvalue weighted by Crippen LogP contribution is 2.23. The Morgan fingerprint density at radius 1 is 0.884 bits per heavy atom. The van der Waals surface area contributed by atoms with E-state index < -0.39 is 27.7 Å². The Hall–Kier alpha value is -3.79. The standard InChI is InChI=1S/C33H39F2N3O4S/c1-43(41,42)38(28-19-20-29(34)30(35)23-28)21-11-18-32(39)37(24-26-14-7-3-8-15-26)31(22-25-12-5-2-6-13-25)33(40)36-27-16-9-4-10-17-27/h2-3,5-8,12-15,19-20,23,27,31H,4,9-11,16-18,21-22,24H2,1H3,(H,36,40)/t31-/m1/s1. The summed E-state index contributed by atoms with van der Waals surface area (Å²) in [6, 6.07) is 21.1. The maximum Gasteiger partial charge on any atom is 0.243 e. The highest BCUT2D eigenvalue weighted by molar-refractivity contribution is 7.92. The van der Waals surface area contributed by atoms with Gasteiger partial charge in [0.05, 0.1) is 11.9 Å². The molecule has 0 unspecified atom stereocenters. The third-order valence-electron chi connectivity index (χ3n) is 7.76. The van der Waals surface area contributed by atoms with Crippen LogP contribution in [-0.4, -0.2) is 50.0 Å². The van der Waals surface area contributed by atoms with Crippen LogP contribution in [0.15, 0.2) is 78.9 Å². The lowest BCUT2D eigenvalue weighted by atomic mass is 9.94. The number of hydrogen-bond donors (Lipinski definition) is 1. The van der Waals surface area contributed by atoms with Crippen molar-refractivity contribution in [2.24, 2.45) is 0 Å². The van der Waals surface area contributed by atoms with Crippen LogP contribution in [0.1, 0.15) is 56.1 Å². The second kappa shape index (κ2) is 15.1. The number of rotatable bonds is 13. The normalized spacial score (nSPS) is 14.6. The van der Waals surface area contributed by atoms with Gasteiger partial charge in [0.25, 0.3) is 0 Å². The molecule has 0 saturated heterocycles. The summed E-state index contributed by atoms with van der Waals surface area (Å²) in [4.78, 5) is 29.3. The molecule has 0 bridgehead atoms. The zero-order valence-electron chi connectivity index (χ0n) is 24.4. The first-order chi connectivity index (χ1) is 20.6. The third-order valence-corrected chi connectivity index (χ3v) is 8.96. The van der Waals surface area contributed by atoms with Gasteiger partial charge in [0, 0.05) is 38.0 Å². The van der Waals surface area contributed by atoms with Crippen LogP contribution in [-0.2, 0) is 32.6 Å². The molecule has 0 spiro atoms. The molecule has 4 rings (SSSR count). The second-order valence-electron chi connectivity index (χ2n) is 11.1. The Bertz CT molecular complexity index is 1470. The number of nitrogens with zero attached hydrogens (tertiary/aromatic N) is 2. The van der Waals surface area contributed by atoms with Crippen LogP contribution in [0.5, 0.6) is 0 Å². The number of halogens is 2. The average Bonchev–Trinajstić information content (AvgIpc) is 2.99. The number of nitrogens with one attached hydrogen (secondary N) is 1. The van der Waals surface area contributed by atoms with Gasteiger partial charge in [-0.05, 0) is 42.5 Å². The molecule has 3 aromatic rings. The number of anilines is 1. The number of carbonyl (C=O) groups excluding carboxylic acids is 2. The first-order valence-electron chi connectivity index (χ1n) is 14.7. The van der Waals surface area contributed by atoms with Crippen LogP contribution in [0.25, 0.3) is 0 Å². The smallest absolute Gasteiger partial charge is 0.243 e. The Morgan fingerprint density at radius 3 is 2.12 bits per heavy atom. The Balaban J connectivity index is 1.57. The molecule has 1 saturated carbocycles. The summed E-state index contributed by atoms with van der Waals surface area (Å²) in [6.07, 6.45) is 6.41. The molecule has 1 fully saturated rings. The van der Waals surface area contributed by atoms with Gasteiger partial charge in [-0.25, -0.2) is 17.2 Å². The van der Waals surface area contributed by atoms with E-state index in [2.05, 4.69) is 5.32 Å². The maximum atomic E-state index is 13.9. The first-order valence-corrected chi connectivity index (χ1v) is 16.6. The predicted molar refractivity (Wildman–Crippen MR) is 164 cm³/mol. The van der Waals surface area contributed by atoms with E-state index in [1.165, 1.54) is 6.07 Å². The van der Waals surface area contributed by atoms with Crippen LogP contribution in [0.2, 0.25) is 0 Å². The number of amides is 2. The van der Waals surface area contributed by atoms with E-state index in [0.29, 0.717) is 6.42 Å². The van der Waals surface area contributed by atoms with Crippen molar-refractivity contribution in [2.45, 2.75) is 70.0 Å². The van der Waals surface area contributed by atoms with Crippen LogP contribution in [0, 0.1) is 11.6 Å². The van der Waals surface area contributed by atoms with Crippen molar-refractivity contribution >= 4 is 27.5 Å². The predicted octanol–water partition coefficient (Wildman–Crippen LogP) is 5.60. The fourth-order valence-corrected chi connectivity index (χ4v) is 6.48. The summed E-state index contributed by atoms with van der Waals surface area (Å²) in [5, 5.41) is 3.20. The fraction of sp³-hybridized carbons (Fsp3) is 0.394. The van der Waals surface area contributed by atoms with Gasteiger partial charge >= 0.3 is 0 Å². The molecule has 1 atom stereocenters. The first kappa shape index (κ1) is 32.1. The topological polar surface area (TPSA) is 86.8 Å². The van der Waals surface area contributed by atoms with Crippen molar-refractivity contribution in [2.75, 3.05) is 17.1 Å². The largest absolute Gasteiger partial charge is 0.352 e. The summed E-state index contributed by atoms with van der Waals surface area (Å²) in [6.45, 7) is 0.0840. The van der Waals surface area contributed by atoms with E-state index in [-0.39, 0.29) is 49.5 Å². The zero-order valence-corrected chi connectivity index (χ0v) is 25.2. The maximum absolute atomic E-state index is 13.9. The van der Waals surface area contributed by atoms with E-state index >= 15 is 0 Å². The molecule has 43 heavy (non-hydrogen) atoms. The summed E-state index contributed by atoms with van der Waals surface area (Å²) < 4.78 is 53.4. The molecule has 7 nitrogen and oxygen atoms in total. The second-order valence-corrected chi connectivity index (χ2v) is 13.0. The third kappa shape index (κ3) is 9.35. The van der Waals surface area contributed by atoms with Crippen molar-refractivity contribution in [1.82, 2.24) is 10.2 Å². The summed E-state index contributed by atoms with van der Waals surface area (Å²) >= 11 is 0. The van der Waals surface area contributed by atoms with Crippen molar-refractivity contribution in [3.05, 3.63) is 102 Å². The van der Waals surface area contributed by atoms with E-state index in [0.717, 1.165) is 65.9 Å². The summed E-state index contributed by atoms with van der Waals surface area (Å²) in [5.74, 6) is -2.76. The van der Waals surface area contributed by atoms with Crippen LogP contribution in [0.3, 0.4) is 0 Å². The van der Waals surface area contributed by atoms with Gasteiger partial charge in [-0.3, -0.25) is 13.9 Å². The summed E-state index contributed by atoms with van der Waals surface area (Å²) in [7, 11) is -3.85. The van der Waals surface area contributed by atoms with E-state index in [4.69, 9.17) is 0 Å². The quantitative estimate of drug-likeness (QED) is 0.273. The van der Waals surface area contributed by atoms with Crippen molar-refractivity contribution in [3.63, 3.8) is 0 Å². The molecule has 2 amide bonds. The lowest BCUT2D eigenvalue weighted by Crippen LogP contribution is -2.52. The van der Waals surface area contributed by atoms with Gasteiger partial charge in [0.1, 0.15) is 6.04 Å². The molecule has 1 aliphatic rings.